The Morgan fingerprint density at radius 2 is 1.58 bits per heavy atom. The average Bonchev–Trinajstić information content (AvgIpc) is 3.40. The quantitative estimate of drug-likeness (QED) is 0.220. The van der Waals surface area contributed by atoms with Gasteiger partial charge in [0.25, 0.3) is 5.69 Å². The number of rotatable bonds is 5. The van der Waals surface area contributed by atoms with Crippen LogP contribution in [0.2, 0.25) is 0 Å². The van der Waals surface area contributed by atoms with Gasteiger partial charge < -0.3 is 4.90 Å². The van der Waals surface area contributed by atoms with Gasteiger partial charge in [0.2, 0.25) is 11.8 Å². The monoisotopic (exact) mass is 507 g/mol. The lowest BCUT2D eigenvalue weighted by Gasteiger charge is -2.35. The van der Waals surface area contributed by atoms with Gasteiger partial charge in [-0.2, -0.15) is 0 Å². The molecule has 2 fully saturated rings. The summed E-state index contributed by atoms with van der Waals surface area (Å²) in [6.45, 7) is 1.43. The Hall–Kier alpha value is -4.92. The topological polar surface area (TPSA) is 118 Å². The van der Waals surface area contributed by atoms with E-state index in [1.54, 1.807) is 35.4 Å². The summed E-state index contributed by atoms with van der Waals surface area (Å²) in [6.07, 6.45) is 3.58. The van der Waals surface area contributed by atoms with Crippen molar-refractivity contribution in [2.75, 3.05) is 4.90 Å². The van der Waals surface area contributed by atoms with E-state index < -0.39 is 46.4 Å². The van der Waals surface area contributed by atoms with Crippen molar-refractivity contribution < 1.29 is 24.1 Å². The van der Waals surface area contributed by atoms with E-state index in [4.69, 9.17) is 0 Å². The third kappa shape index (κ3) is 3.39. The number of nitro benzene ring substituents is 1. The molecule has 3 aliphatic heterocycles. The predicted molar refractivity (Wildman–Crippen MR) is 137 cm³/mol. The van der Waals surface area contributed by atoms with Crippen molar-refractivity contribution in [2.24, 2.45) is 11.8 Å². The van der Waals surface area contributed by atoms with E-state index >= 15 is 0 Å². The largest absolute Gasteiger partial charge is 0.358 e. The zero-order valence-electron chi connectivity index (χ0n) is 20.2. The van der Waals surface area contributed by atoms with Crippen LogP contribution in [0.1, 0.15) is 44.8 Å². The number of nitro groups is 1. The number of carbonyl (C=O) groups excluding carboxylic acids is 4. The van der Waals surface area contributed by atoms with E-state index in [0.717, 1.165) is 16.0 Å². The highest BCUT2D eigenvalue weighted by molar-refractivity contribution is 6.24. The molecule has 2 amide bonds. The van der Waals surface area contributed by atoms with Gasteiger partial charge in [0.1, 0.15) is 6.04 Å². The molecule has 6 rings (SSSR count). The van der Waals surface area contributed by atoms with Crippen molar-refractivity contribution in [1.82, 2.24) is 4.90 Å². The minimum Gasteiger partial charge on any atom is -0.358 e. The number of imide groups is 1. The molecule has 188 valence electrons. The predicted octanol–water partition coefficient (Wildman–Crippen LogP) is 4.20. The first kappa shape index (κ1) is 23.5. The highest BCUT2D eigenvalue weighted by atomic mass is 16.6. The molecule has 4 unspecified atom stereocenters. The molecular formula is C29H21N3O6. The van der Waals surface area contributed by atoms with E-state index in [1.165, 1.54) is 31.2 Å². The summed E-state index contributed by atoms with van der Waals surface area (Å²) in [7, 11) is 0. The van der Waals surface area contributed by atoms with E-state index in [-0.39, 0.29) is 17.0 Å². The first-order chi connectivity index (χ1) is 18.3. The average molecular weight is 508 g/mol. The van der Waals surface area contributed by atoms with E-state index in [1.807, 2.05) is 30.3 Å². The van der Waals surface area contributed by atoms with Gasteiger partial charge in [-0.1, -0.05) is 36.4 Å². The molecule has 0 saturated carbocycles. The van der Waals surface area contributed by atoms with Crippen molar-refractivity contribution in [3.8, 4) is 0 Å². The standard InChI is InChI=1S/C29H21N3O6/c1-16(33)17-9-11-20(12-10-17)31-28(35)23-24(29(31)36)26(27(34)19-6-4-7-21(15-19)32(37)38)30-14-13-18-5-2-3-8-22(18)25(23)30/h2-15,23-26H,1H3. The van der Waals surface area contributed by atoms with Crippen LogP contribution in [0.25, 0.3) is 6.08 Å². The second-order valence-corrected chi connectivity index (χ2v) is 9.62. The van der Waals surface area contributed by atoms with Crippen molar-refractivity contribution in [1.29, 1.82) is 0 Å². The number of Topliss-reactive ketones (excluding diaryl/α,β-unsaturated/α-hetero) is 2. The number of hydrogen-bond donors (Lipinski definition) is 0. The Labute approximate surface area is 217 Å². The summed E-state index contributed by atoms with van der Waals surface area (Å²) in [6, 6.07) is 17.6. The molecule has 0 radical (unpaired) electrons. The number of ketones is 2. The summed E-state index contributed by atoms with van der Waals surface area (Å²) < 4.78 is 0. The molecule has 3 heterocycles. The van der Waals surface area contributed by atoms with Gasteiger partial charge >= 0.3 is 0 Å². The maximum atomic E-state index is 13.9. The number of benzene rings is 3. The molecular weight excluding hydrogens is 486 g/mol. The van der Waals surface area contributed by atoms with Gasteiger partial charge in [-0.05, 0) is 48.4 Å². The molecule has 3 aromatic rings. The Morgan fingerprint density at radius 1 is 0.868 bits per heavy atom. The molecule has 0 spiro atoms. The number of nitrogens with zero attached hydrogens (tertiary/aromatic N) is 3. The lowest BCUT2D eigenvalue weighted by Crippen LogP contribution is -2.44. The lowest BCUT2D eigenvalue weighted by molar-refractivity contribution is -0.384. The van der Waals surface area contributed by atoms with E-state index in [9.17, 15) is 29.3 Å². The summed E-state index contributed by atoms with van der Waals surface area (Å²) in [4.78, 5) is 67.1. The number of anilines is 1. The van der Waals surface area contributed by atoms with Gasteiger partial charge in [-0.15, -0.1) is 0 Å². The van der Waals surface area contributed by atoms with Crippen LogP contribution in [0.3, 0.4) is 0 Å². The SMILES string of the molecule is CC(=O)c1ccc(N2C(=O)C3C(C2=O)C2c4ccccc4C=CN2C3C(=O)c2cccc([N+](=O)[O-])c2)cc1. The Kier molecular flexibility index (Phi) is 5.30. The third-order valence-electron chi connectivity index (χ3n) is 7.60. The maximum Gasteiger partial charge on any atom is 0.270 e. The minimum atomic E-state index is -1.03. The van der Waals surface area contributed by atoms with Crippen molar-refractivity contribution in [3.63, 3.8) is 0 Å². The molecule has 9 nitrogen and oxygen atoms in total. The Morgan fingerprint density at radius 3 is 2.29 bits per heavy atom. The highest BCUT2D eigenvalue weighted by Crippen LogP contribution is 2.53. The van der Waals surface area contributed by atoms with Crippen LogP contribution in [0.5, 0.6) is 0 Å². The molecule has 0 aromatic heterocycles. The molecule has 0 aliphatic carbocycles. The van der Waals surface area contributed by atoms with Crippen LogP contribution in [-0.2, 0) is 9.59 Å². The van der Waals surface area contributed by atoms with Crippen molar-refractivity contribution >= 4 is 40.8 Å². The second kappa shape index (κ2) is 8.58. The van der Waals surface area contributed by atoms with Gasteiger partial charge in [0.05, 0.1) is 28.5 Å². The molecule has 0 bridgehead atoms. The maximum absolute atomic E-state index is 13.9. The molecule has 9 heteroatoms. The van der Waals surface area contributed by atoms with Crippen molar-refractivity contribution in [3.05, 3.63) is 111 Å². The van der Waals surface area contributed by atoms with Gasteiger partial charge in [0, 0.05) is 29.5 Å². The van der Waals surface area contributed by atoms with Gasteiger partial charge in [-0.25, -0.2) is 4.90 Å². The van der Waals surface area contributed by atoms with E-state index in [2.05, 4.69) is 0 Å². The highest BCUT2D eigenvalue weighted by Gasteiger charge is 2.64. The van der Waals surface area contributed by atoms with Crippen LogP contribution >= 0.6 is 0 Å². The normalized spacial score (nSPS) is 23.2. The van der Waals surface area contributed by atoms with Gasteiger partial charge in [0.15, 0.2) is 11.6 Å². The smallest absolute Gasteiger partial charge is 0.270 e. The second-order valence-electron chi connectivity index (χ2n) is 9.62. The number of carbonyl (C=O) groups is 4. The van der Waals surface area contributed by atoms with E-state index in [0.29, 0.717) is 11.3 Å². The van der Waals surface area contributed by atoms with Crippen LogP contribution in [0.15, 0.2) is 79.0 Å². The van der Waals surface area contributed by atoms with Gasteiger partial charge in [-0.3, -0.25) is 29.3 Å². The van der Waals surface area contributed by atoms with Crippen LogP contribution in [0.4, 0.5) is 11.4 Å². The van der Waals surface area contributed by atoms with Crippen LogP contribution < -0.4 is 4.90 Å². The number of fused-ring (bicyclic) bond motifs is 5. The molecule has 38 heavy (non-hydrogen) atoms. The van der Waals surface area contributed by atoms with Crippen LogP contribution in [0, 0.1) is 22.0 Å². The summed E-state index contributed by atoms with van der Waals surface area (Å²) in [5.74, 6) is -3.39. The Bertz CT molecular complexity index is 1580. The number of non-ortho nitro benzene ring substituents is 1. The number of hydrogen-bond acceptors (Lipinski definition) is 7. The fraction of sp³-hybridized carbons (Fsp3) is 0.172. The first-order valence-electron chi connectivity index (χ1n) is 12.1. The Balaban J connectivity index is 1.47. The van der Waals surface area contributed by atoms with Crippen molar-refractivity contribution in [2.45, 2.75) is 19.0 Å². The molecule has 4 atom stereocenters. The fourth-order valence-corrected chi connectivity index (χ4v) is 5.90. The molecule has 3 aliphatic rings. The zero-order valence-corrected chi connectivity index (χ0v) is 20.2. The number of amides is 2. The lowest BCUT2D eigenvalue weighted by atomic mass is 9.83. The molecule has 0 N–H and O–H groups in total. The van der Waals surface area contributed by atoms with Crippen LogP contribution in [-0.4, -0.2) is 39.2 Å². The first-order valence-corrected chi connectivity index (χ1v) is 12.1. The summed E-state index contributed by atoms with van der Waals surface area (Å²) in [5, 5.41) is 11.4. The fourth-order valence-electron chi connectivity index (χ4n) is 5.90. The molecule has 2 saturated heterocycles. The zero-order chi connectivity index (χ0) is 26.7. The molecule has 3 aromatic carbocycles. The summed E-state index contributed by atoms with van der Waals surface area (Å²) >= 11 is 0. The third-order valence-corrected chi connectivity index (χ3v) is 7.60. The minimum absolute atomic E-state index is 0.0976. The summed E-state index contributed by atoms with van der Waals surface area (Å²) in [5.41, 5.74) is 2.36.